The van der Waals surface area contributed by atoms with Gasteiger partial charge in [0.2, 0.25) is 0 Å². The lowest BCUT2D eigenvalue weighted by atomic mass is 9.94. The van der Waals surface area contributed by atoms with Crippen molar-refractivity contribution in [2.75, 3.05) is 17.7 Å². The number of hydrogen-bond acceptors (Lipinski definition) is 5. The van der Waals surface area contributed by atoms with E-state index in [-0.39, 0.29) is 17.2 Å². The molecule has 0 aliphatic carbocycles. The van der Waals surface area contributed by atoms with E-state index in [1.165, 1.54) is 6.33 Å². The van der Waals surface area contributed by atoms with Gasteiger partial charge in [-0.25, -0.2) is 9.97 Å². The third-order valence-electron chi connectivity index (χ3n) is 3.44. The Labute approximate surface area is 119 Å². The van der Waals surface area contributed by atoms with Crippen molar-refractivity contribution in [3.05, 3.63) is 11.5 Å². The predicted octanol–water partition coefficient (Wildman–Crippen LogP) is 2.93. The van der Waals surface area contributed by atoms with E-state index in [0.717, 1.165) is 6.42 Å². The van der Waals surface area contributed by atoms with Gasteiger partial charge in [-0.1, -0.05) is 11.6 Å². The maximum absolute atomic E-state index is 6.07. The smallest absolute Gasteiger partial charge is 0.157 e. The third-order valence-corrected chi connectivity index (χ3v) is 3.72. The van der Waals surface area contributed by atoms with E-state index in [0.29, 0.717) is 16.7 Å². The van der Waals surface area contributed by atoms with Crippen molar-refractivity contribution in [2.24, 2.45) is 0 Å². The highest BCUT2D eigenvalue weighted by molar-refractivity contribution is 6.32. The highest BCUT2D eigenvalue weighted by Crippen LogP contribution is 2.39. The molecule has 2 heterocycles. The van der Waals surface area contributed by atoms with Crippen molar-refractivity contribution >= 4 is 23.1 Å². The number of rotatable bonds is 3. The summed E-state index contributed by atoms with van der Waals surface area (Å²) in [6, 6.07) is 0.167. The van der Waals surface area contributed by atoms with Crippen LogP contribution in [0.1, 0.15) is 34.1 Å². The van der Waals surface area contributed by atoms with Crippen LogP contribution in [-0.2, 0) is 4.74 Å². The van der Waals surface area contributed by atoms with Gasteiger partial charge in [0.05, 0.1) is 17.2 Å². The molecule has 0 amide bonds. The second-order valence-electron chi connectivity index (χ2n) is 6.00. The topological polar surface area (TPSA) is 59.1 Å². The molecule has 1 atom stereocenters. The number of aromatic nitrogens is 2. The fourth-order valence-electron chi connectivity index (χ4n) is 2.65. The molecule has 0 radical (unpaired) electrons. The summed E-state index contributed by atoms with van der Waals surface area (Å²) in [5.41, 5.74) is 0.314. The Morgan fingerprint density at radius 2 is 2.00 bits per heavy atom. The van der Waals surface area contributed by atoms with Crippen LogP contribution in [-0.4, -0.2) is 34.3 Å². The van der Waals surface area contributed by atoms with E-state index in [2.05, 4.69) is 48.3 Å². The van der Waals surface area contributed by atoms with Gasteiger partial charge in [0, 0.05) is 7.05 Å². The fraction of sp³-hybridized carbons (Fsp3) is 0.692. The summed E-state index contributed by atoms with van der Waals surface area (Å²) in [4.78, 5) is 8.23. The molecule has 1 unspecified atom stereocenters. The van der Waals surface area contributed by atoms with E-state index < -0.39 is 0 Å². The van der Waals surface area contributed by atoms with Crippen molar-refractivity contribution in [2.45, 2.75) is 51.4 Å². The van der Waals surface area contributed by atoms with Gasteiger partial charge in [-0.2, -0.15) is 0 Å². The molecule has 1 fully saturated rings. The molecule has 5 nitrogen and oxygen atoms in total. The largest absolute Gasteiger partial charge is 0.383 e. The lowest BCUT2D eigenvalue weighted by Crippen LogP contribution is -2.38. The number of nitrogens with one attached hydrogen (secondary N) is 2. The van der Waals surface area contributed by atoms with E-state index in [1.807, 2.05) is 0 Å². The Hall–Kier alpha value is -1.07. The SMILES string of the molecule is CNc1c(Cl)ncnc1NC1CC(C)(C)OC1(C)C. The molecular formula is C13H21ClN4O. The monoisotopic (exact) mass is 284 g/mol. The Morgan fingerprint density at radius 3 is 2.53 bits per heavy atom. The van der Waals surface area contributed by atoms with Gasteiger partial charge in [0.15, 0.2) is 11.0 Å². The quantitative estimate of drug-likeness (QED) is 0.836. The third kappa shape index (κ3) is 2.92. The Bertz CT molecular complexity index is 476. The molecule has 19 heavy (non-hydrogen) atoms. The minimum absolute atomic E-state index is 0.141. The highest BCUT2D eigenvalue weighted by Gasteiger charge is 2.46. The standard InChI is InChI=1S/C13H21ClN4O/c1-12(2)6-8(13(3,4)19-12)18-11-9(15-5)10(14)16-7-17-11/h7-8,15H,6H2,1-5H3,(H,16,17,18). The van der Waals surface area contributed by atoms with Crippen molar-refractivity contribution in [1.82, 2.24) is 9.97 Å². The van der Waals surface area contributed by atoms with Crippen LogP contribution in [0.25, 0.3) is 0 Å². The van der Waals surface area contributed by atoms with Gasteiger partial charge < -0.3 is 15.4 Å². The lowest BCUT2D eigenvalue weighted by Gasteiger charge is -2.28. The lowest BCUT2D eigenvalue weighted by molar-refractivity contribution is -0.0662. The van der Waals surface area contributed by atoms with Crippen molar-refractivity contribution in [3.63, 3.8) is 0 Å². The first kappa shape index (κ1) is 14.3. The maximum Gasteiger partial charge on any atom is 0.157 e. The van der Waals surface area contributed by atoms with Crippen LogP contribution < -0.4 is 10.6 Å². The van der Waals surface area contributed by atoms with E-state index in [4.69, 9.17) is 16.3 Å². The first-order valence-corrected chi connectivity index (χ1v) is 6.78. The Kier molecular flexibility index (Phi) is 3.62. The molecule has 0 bridgehead atoms. The summed E-state index contributed by atoms with van der Waals surface area (Å²) in [5.74, 6) is 0.710. The second kappa shape index (κ2) is 4.80. The molecular weight excluding hydrogens is 264 g/mol. The number of nitrogens with zero attached hydrogens (tertiary/aromatic N) is 2. The number of anilines is 2. The second-order valence-corrected chi connectivity index (χ2v) is 6.36. The summed E-state index contributed by atoms with van der Waals surface area (Å²) in [5, 5.41) is 6.86. The molecule has 1 aliphatic heterocycles. The molecule has 2 rings (SSSR count). The van der Waals surface area contributed by atoms with E-state index >= 15 is 0 Å². The van der Waals surface area contributed by atoms with Gasteiger partial charge in [0.25, 0.3) is 0 Å². The fourth-order valence-corrected chi connectivity index (χ4v) is 2.87. The minimum atomic E-state index is -0.258. The molecule has 1 aromatic rings. The van der Waals surface area contributed by atoms with Gasteiger partial charge in [-0.3, -0.25) is 0 Å². The van der Waals surface area contributed by atoms with Crippen molar-refractivity contribution < 1.29 is 4.74 Å². The molecule has 6 heteroatoms. The molecule has 106 valence electrons. The summed E-state index contributed by atoms with van der Waals surface area (Å²) in [6.45, 7) is 8.37. The average Bonchev–Trinajstić information content (AvgIpc) is 2.47. The summed E-state index contributed by atoms with van der Waals surface area (Å²) in [6.07, 6.45) is 2.37. The van der Waals surface area contributed by atoms with Crippen LogP contribution in [0.15, 0.2) is 6.33 Å². The molecule has 1 aromatic heterocycles. The summed E-state index contributed by atoms with van der Waals surface area (Å²) >= 11 is 6.06. The zero-order valence-corrected chi connectivity index (χ0v) is 12.8. The molecule has 2 N–H and O–H groups in total. The van der Waals surface area contributed by atoms with E-state index in [1.54, 1.807) is 7.05 Å². The van der Waals surface area contributed by atoms with Crippen LogP contribution in [0.3, 0.4) is 0 Å². The number of ether oxygens (including phenoxy) is 1. The average molecular weight is 285 g/mol. The van der Waals surface area contributed by atoms with Gasteiger partial charge in [0.1, 0.15) is 12.0 Å². The van der Waals surface area contributed by atoms with Crippen LogP contribution in [0.5, 0.6) is 0 Å². The Balaban J connectivity index is 2.25. The zero-order chi connectivity index (χ0) is 14.3. The van der Waals surface area contributed by atoms with Crippen LogP contribution >= 0.6 is 11.6 Å². The van der Waals surface area contributed by atoms with Crippen molar-refractivity contribution in [1.29, 1.82) is 0 Å². The van der Waals surface area contributed by atoms with Gasteiger partial charge >= 0.3 is 0 Å². The van der Waals surface area contributed by atoms with Gasteiger partial charge in [-0.05, 0) is 34.1 Å². The number of halogens is 1. The van der Waals surface area contributed by atoms with Crippen LogP contribution in [0.2, 0.25) is 5.15 Å². The normalized spacial score (nSPS) is 24.2. The van der Waals surface area contributed by atoms with E-state index in [9.17, 15) is 0 Å². The molecule has 0 aromatic carbocycles. The summed E-state index contributed by atoms with van der Waals surface area (Å²) < 4.78 is 6.07. The first-order valence-electron chi connectivity index (χ1n) is 6.40. The molecule has 0 spiro atoms. The maximum atomic E-state index is 6.07. The molecule has 0 saturated carbocycles. The predicted molar refractivity (Wildman–Crippen MR) is 77.9 cm³/mol. The van der Waals surface area contributed by atoms with Crippen LogP contribution in [0.4, 0.5) is 11.5 Å². The molecule has 1 aliphatic rings. The zero-order valence-electron chi connectivity index (χ0n) is 12.0. The van der Waals surface area contributed by atoms with Gasteiger partial charge in [-0.15, -0.1) is 0 Å². The Morgan fingerprint density at radius 1 is 1.32 bits per heavy atom. The number of hydrogen-bond donors (Lipinski definition) is 2. The minimum Gasteiger partial charge on any atom is -0.383 e. The first-order chi connectivity index (χ1) is 8.75. The van der Waals surface area contributed by atoms with Crippen LogP contribution in [0, 0.1) is 0 Å². The van der Waals surface area contributed by atoms with Crippen molar-refractivity contribution in [3.8, 4) is 0 Å². The molecule has 1 saturated heterocycles. The highest BCUT2D eigenvalue weighted by atomic mass is 35.5. The summed E-state index contributed by atoms with van der Waals surface area (Å²) in [7, 11) is 1.80.